The monoisotopic (exact) mass is 438 g/mol. The zero-order valence-corrected chi connectivity index (χ0v) is 19.1. The summed E-state index contributed by atoms with van der Waals surface area (Å²) in [7, 11) is 0. The molecule has 3 rings (SSSR count). The van der Waals surface area contributed by atoms with E-state index in [0.717, 1.165) is 56.2 Å². The van der Waals surface area contributed by atoms with Crippen molar-refractivity contribution in [3.8, 4) is 5.88 Å². The van der Waals surface area contributed by atoms with E-state index in [4.69, 9.17) is 15.2 Å². The van der Waals surface area contributed by atoms with Crippen molar-refractivity contribution in [2.24, 2.45) is 15.7 Å². The summed E-state index contributed by atoms with van der Waals surface area (Å²) in [5.74, 6) is 1.03. The smallest absolute Gasteiger partial charge is 0.215 e. The summed E-state index contributed by atoms with van der Waals surface area (Å²) in [6.45, 7) is 9.48. The third-order valence-electron chi connectivity index (χ3n) is 4.92. The van der Waals surface area contributed by atoms with Gasteiger partial charge >= 0.3 is 0 Å². The van der Waals surface area contributed by atoms with Crippen LogP contribution < -0.4 is 20.7 Å². The van der Waals surface area contributed by atoms with Gasteiger partial charge in [0.15, 0.2) is 5.96 Å². The van der Waals surface area contributed by atoms with Crippen LogP contribution in [0.5, 0.6) is 5.88 Å². The molecule has 2 heterocycles. The summed E-state index contributed by atoms with van der Waals surface area (Å²) in [6, 6.07) is 12.3. The van der Waals surface area contributed by atoms with Crippen LogP contribution in [0.25, 0.3) is 0 Å². The molecule has 8 nitrogen and oxygen atoms in total. The number of nitrogens with zero attached hydrogens (tertiary/aromatic N) is 4. The van der Waals surface area contributed by atoms with Crippen LogP contribution in [-0.4, -0.2) is 63.2 Å². The van der Waals surface area contributed by atoms with Gasteiger partial charge in [-0.05, 0) is 25.0 Å². The van der Waals surface area contributed by atoms with Gasteiger partial charge in [-0.1, -0.05) is 36.8 Å². The Balaban J connectivity index is 1.65. The van der Waals surface area contributed by atoms with Gasteiger partial charge in [0.2, 0.25) is 5.88 Å². The maximum Gasteiger partial charge on any atom is 0.215 e. The molecular weight excluding hydrogens is 404 g/mol. The predicted molar refractivity (Wildman–Crippen MR) is 130 cm³/mol. The van der Waals surface area contributed by atoms with Crippen molar-refractivity contribution in [3.05, 3.63) is 53.2 Å². The van der Waals surface area contributed by atoms with Crippen molar-refractivity contribution in [2.75, 3.05) is 50.9 Å². The average molecular weight is 439 g/mol. The zero-order valence-electron chi connectivity index (χ0n) is 19.1. The number of aryl methyl sites for hydroxylation is 1. The fourth-order valence-corrected chi connectivity index (χ4v) is 3.32. The summed E-state index contributed by atoms with van der Waals surface area (Å²) in [5.41, 5.74) is 10.1. The summed E-state index contributed by atoms with van der Waals surface area (Å²) in [5, 5.41) is 3.06. The Morgan fingerprint density at radius 1 is 1.28 bits per heavy atom. The molecule has 0 aliphatic carbocycles. The van der Waals surface area contributed by atoms with E-state index in [1.807, 2.05) is 24.4 Å². The van der Waals surface area contributed by atoms with E-state index in [9.17, 15) is 0 Å². The third kappa shape index (κ3) is 7.85. The van der Waals surface area contributed by atoms with Gasteiger partial charge in [0.05, 0.1) is 32.0 Å². The van der Waals surface area contributed by atoms with E-state index >= 15 is 0 Å². The van der Waals surface area contributed by atoms with Crippen molar-refractivity contribution < 1.29 is 9.47 Å². The molecule has 172 valence electrons. The first-order valence-electron chi connectivity index (χ1n) is 11.2. The molecule has 1 saturated heterocycles. The molecule has 0 amide bonds. The lowest BCUT2D eigenvalue weighted by Crippen LogP contribution is -2.36. The standard InChI is InChI=1S/C24H34N6O2/c1-3-7-27-24(25)28-8-11-32-23-16-22(30-9-12-31-13-10-30)15-21(29-23)18-26-17-20-6-4-5-19(2)14-20/h4-6,14-17H,3,7-13,18H2,1-2H3,(H3,25,27,28). The Labute approximate surface area is 190 Å². The van der Waals surface area contributed by atoms with Crippen molar-refractivity contribution in [1.29, 1.82) is 0 Å². The Morgan fingerprint density at radius 2 is 2.12 bits per heavy atom. The van der Waals surface area contributed by atoms with Gasteiger partial charge in [-0.3, -0.25) is 9.98 Å². The van der Waals surface area contributed by atoms with Gasteiger partial charge in [-0.25, -0.2) is 4.98 Å². The van der Waals surface area contributed by atoms with Crippen molar-refractivity contribution in [1.82, 2.24) is 10.3 Å². The van der Waals surface area contributed by atoms with Crippen molar-refractivity contribution in [2.45, 2.75) is 26.8 Å². The van der Waals surface area contributed by atoms with Crippen molar-refractivity contribution >= 4 is 17.9 Å². The SMILES string of the molecule is CCCN=C(N)NCCOc1cc(N2CCOCC2)cc(CN=Cc2cccc(C)c2)n1. The molecule has 0 unspecified atom stereocenters. The van der Waals surface area contributed by atoms with Crippen molar-refractivity contribution in [3.63, 3.8) is 0 Å². The molecular formula is C24H34N6O2. The number of ether oxygens (including phenoxy) is 2. The van der Waals surface area contributed by atoms with Crippen LogP contribution in [0.4, 0.5) is 5.69 Å². The second-order valence-electron chi connectivity index (χ2n) is 7.68. The second-order valence-corrected chi connectivity index (χ2v) is 7.68. The van der Waals surface area contributed by atoms with Gasteiger partial charge in [0, 0.05) is 37.6 Å². The van der Waals surface area contributed by atoms with E-state index in [1.54, 1.807) is 0 Å². The third-order valence-corrected chi connectivity index (χ3v) is 4.92. The Hall–Kier alpha value is -3.13. The minimum atomic E-state index is 0.438. The number of aliphatic imine (C=N–C) groups is 2. The maximum absolute atomic E-state index is 5.92. The molecule has 1 aromatic heterocycles. The van der Waals surface area contributed by atoms with E-state index < -0.39 is 0 Å². The minimum Gasteiger partial charge on any atom is -0.476 e. The van der Waals surface area contributed by atoms with Crippen LogP contribution in [0.1, 0.15) is 30.2 Å². The number of benzene rings is 1. The predicted octanol–water partition coefficient (Wildman–Crippen LogP) is 2.54. The van der Waals surface area contributed by atoms with E-state index in [0.29, 0.717) is 31.5 Å². The van der Waals surface area contributed by atoms with Crippen LogP contribution in [0.2, 0.25) is 0 Å². The van der Waals surface area contributed by atoms with Gasteiger partial charge in [-0.15, -0.1) is 0 Å². The van der Waals surface area contributed by atoms with E-state index in [-0.39, 0.29) is 0 Å². The molecule has 3 N–H and O–H groups in total. The van der Waals surface area contributed by atoms with Crippen LogP contribution >= 0.6 is 0 Å². The summed E-state index contributed by atoms with van der Waals surface area (Å²) < 4.78 is 11.4. The van der Waals surface area contributed by atoms with Gasteiger partial charge in [0.1, 0.15) is 6.61 Å². The molecule has 8 heteroatoms. The van der Waals surface area contributed by atoms with Gasteiger partial charge < -0.3 is 25.4 Å². The average Bonchev–Trinajstić information content (AvgIpc) is 2.81. The first-order chi connectivity index (χ1) is 15.6. The largest absolute Gasteiger partial charge is 0.476 e. The lowest BCUT2D eigenvalue weighted by atomic mass is 10.1. The second kappa shape index (κ2) is 12.7. The first-order valence-corrected chi connectivity index (χ1v) is 11.2. The lowest BCUT2D eigenvalue weighted by Gasteiger charge is -2.29. The molecule has 32 heavy (non-hydrogen) atoms. The fourth-order valence-electron chi connectivity index (χ4n) is 3.32. The normalized spacial score (nSPS) is 14.7. The molecule has 0 atom stereocenters. The fraction of sp³-hybridized carbons (Fsp3) is 0.458. The highest BCUT2D eigenvalue weighted by Crippen LogP contribution is 2.23. The number of morpholine rings is 1. The Kier molecular flexibility index (Phi) is 9.31. The lowest BCUT2D eigenvalue weighted by molar-refractivity contribution is 0.122. The number of rotatable bonds is 10. The molecule has 1 aliphatic rings. The van der Waals surface area contributed by atoms with Crippen LogP contribution in [-0.2, 0) is 11.3 Å². The highest BCUT2D eigenvalue weighted by molar-refractivity contribution is 5.79. The van der Waals surface area contributed by atoms with Crippen LogP contribution in [0.15, 0.2) is 46.4 Å². The number of nitrogens with one attached hydrogen (secondary N) is 1. The van der Waals surface area contributed by atoms with Gasteiger partial charge in [0.25, 0.3) is 0 Å². The van der Waals surface area contributed by atoms with E-state index in [1.165, 1.54) is 5.56 Å². The number of guanidine groups is 1. The molecule has 1 aromatic carbocycles. The molecule has 2 aromatic rings. The number of hydrogen-bond acceptors (Lipinski definition) is 6. The highest BCUT2D eigenvalue weighted by Gasteiger charge is 2.14. The summed E-state index contributed by atoms with van der Waals surface area (Å²) in [4.78, 5) is 15.8. The maximum atomic E-state index is 5.92. The summed E-state index contributed by atoms with van der Waals surface area (Å²) >= 11 is 0. The van der Waals surface area contributed by atoms with Crippen LogP contribution in [0.3, 0.4) is 0 Å². The number of pyridine rings is 1. The molecule has 0 saturated carbocycles. The number of anilines is 1. The first kappa shape index (κ1) is 23.5. The zero-order chi connectivity index (χ0) is 22.6. The number of aromatic nitrogens is 1. The van der Waals surface area contributed by atoms with E-state index in [2.05, 4.69) is 57.2 Å². The number of nitrogens with two attached hydrogens (primary N) is 1. The minimum absolute atomic E-state index is 0.438. The number of hydrogen-bond donors (Lipinski definition) is 2. The van der Waals surface area contributed by atoms with Gasteiger partial charge in [-0.2, -0.15) is 0 Å². The molecule has 0 spiro atoms. The molecule has 0 bridgehead atoms. The summed E-state index contributed by atoms with van der Waals surface area (Å²) in [6.07, 6.45) is 2.85. The quantitative estimate of drug-likeness (QED) is 0.336. The van der Waals surface area contributed by atoms with Crippen LogP contribution in [0, 0.1) is 6.92 Å². The Morgan fingerprint density at radius 3 is 2.91 bits per heavy atom. The Bertz CT molecular complexity index is 909. The molecule has 0 radical (unpaired) electrons. The highest BCUT2D eigenvalue weighted by atomic mass is 16.5. The molecule has 1 aliphatic heterocycles. The topological polar surface area (TPSA) is 97.4 Å². The molecule has 1 fully saturated rings.